The van der Waals surface area contributed by atoms with Crippen LogP contribution in [0.4, 0.5) is 8.78 Å². The fraction of sp³-hybridized carbons (Fsp3) is 1.00. The van der Waals surface area contributed by atoms with Crippen LogP contribution in [0, 0.1) is 0 Å². The minimum Gasteiger partial charge on any atom is -0.317 e. The molecule has 0 saturated carbocycles. The largest absolute Gasteiger partial charge is 0.317 e. The lowest BCUT2D eigenvalue weighted by Crippen LogP contribution is -2.31. The third-order valence-corrected chi connectivity index (χ3v) is 3.10. The number of hydrogen-bond acceptors (Lipinski definition) is 2. The van der Waals surface area contributed by atoms with Gasteiger partial charge in [0.2, 0.25) is 5.92 Å². The van der Waals surface area contributed by atoms with Crippen molar-refractivity contribution in [2.45, 2.75) is 44.6 Å². The smallest absolute Gasteiger partial charge is 0.246 e. The standard InChI is InChI=1S/C11H22F2N2/c1-11(12,13)6-9-15-7-3-4-10(14-2)5-8-15/h10,14H,3-9H2,1-2H3. The molecular formula is C11H22F2N2. The molecule has 0 aliphatic carbocycles. The molecule has 0 bridgehead atoms. The van der Waals surface area contributed by atoms with Crippen LogP contribution in [0.15, 0.2) is 0 Å². The number of alkyl halides is 2. The van der Waals surface area contributed by atoms with Crippen LogP contribution in [0.25, 0.3) is 0 Å². The minimum absolute atomic E-state index is 0.0166. The monoisotopic (exact) mass is 220 g/mol. The molecule has 1 heterocycles. The van der Waals surface area contributed by atoms with Crippen LogP contribution in [0.5, 0.6) is 0 Å². The first-order valence-corrected chi connectivity index (χ1v) is 5.79. The Labute approximate surface area is 91.0 Å². The van der Waals surface area contributed by atoms with Gasteiger partial charge >= 0.3 is 0 Å². The Hall–Kier alpha value is -0.220. The van der Waals surface area contributed by atoms with Crippen molar-refractivity contribution in [3.8, 4) is 0 Å². The first-order valence-electron chi connectivity index (χ1n) is 5.79. The third kappa shape index (κ3) is 5.42. The molecule has 2 nitrogen and oxygen atoms in total. The van der Waals surface area contributed by atoms with Crippen LogP contribution >= 0.6 is 0 Å². The lowest BCUT2D eigenvalue weighted by atomic mass is 10.1. The van der Waals surface area contributed by atoms with Gasteiger partial charge in [-0.15, -0.1) is 0 Å². The zero-order chi connectivity index (χ0) is 11.3. The summed E-state index contributed by atoms with van der Waals surface area (Å²) in [5.41, 5.74) is 0. The number of nitrogens with one attached hydrogen (secondary N) is 1. The quantitative estimate of drug-likeness (QED) is 0.780. The van der Waals surface area contributed by atoms with Gasteiger partial charge in [0.1, 0.15) is 0 Å². The van der Waals surface area contributed by atoms with Gasteiger partial charge < -0.3 is 10.2 Å². The molecule has 1 fully saturated rings. The summed E-state index contributed by atoms with van der Waals surface area (Å²) in [5.74, 6) is -2.52. The molecule has 1 saturated heterocycles. The molecule has 90 valence electrons. The summed E-state index contributed by atoms with van der Waals surface area (Å²) >= 11 is 0. The zero-order valence-corrected chi connectivity index (χ0v) is 9.73. The van der Waals surface area contributed by atoms with Crippen molar-refractivity contribution in [1.82, 2.24) is 10.2 Å². The molecule has 1 atom stereocenters. The fourth-order valence-electron chi connectivity index (χ4n) is 2.02. The van der Waals surface area contributed by atoms with E-state index in [2.05, 4.69) is 10.2 Å². The Bertz CT molecular complexity index is 180. The molecule has 0 radical (unpaired) electrons. The Kier molecular flexibility index (Phi) is 4.93. The average molecular weight is 220 g/mol. The van der Waals surface area contributed by atoms with E-state index in [1.54, 1.807) is 0 Å². The molecule has 1 rings (SSSR count). The number of rotatable bonds is 4. The molecule has 1 aliphatic rings. The second-order valence-corrected chi connectivity index (χ2v) is 4.58. The van der Waals surface area contributed by atoms with Crippen LogP contribution in [-0.2, 0) is 0 Å². The molecule has 0 spiro atoms. The highest BCUT2D eigenvalue weighted by Gasteiger charge is 2.23. The Balaban J connectivity index is 2.25. The van der Waals surface area contributed by atoms with Gasteiger partial charge in [-0.25, -0.2) is 8.78 Å². The summed E-state index contributed by atoms with van der Waals surface area (Å²) < 4.78 is 25.4. The van der Waals surface area contributed by atoms with E-state index in [-0.39, 0.29) is 6.42 Å². The van der Waals surface area contributed by atoms with Crippen molar-refractivity contribution in [2.75, 3.05) is 26.7 Å². The number of halogens is 2. The van der Waals surface area contributed by atoms with Gasteiger partial charge in [0.25, 0.3) is 0 Å². The fourth-order valence-corrected chi connectivity index (χ4v) is 2.02. The summed E-state index contributed by atoms with van der Waals surface area (Å²) in [6.45, 7) is 3.44. The first kappa shape index (κ1) is 12.8. The van der Waals surface area contributed by atoms with Crippen molar-refractivity contribution in [3.05, 3.63) is 0 Å². The topological polar surface area (TPSA) is 15.3 Å². The average Bonchev–Trinajstić information content (AvgIpc) is 2.38. The molecule has 4 heteroatoms. The van der Waals surface area contributed by atoms with Crippen LogP contribution in [-0.4, -0.2) is 43.5 Å². The normalized spacial score (nSPS) is 25.2. The summed E-state index contributed by atoms with van der Waals surface area (Å²) in [6.07, 6.45) is 3.33. The Morgan fingerprint density at radius 2 is 2.07 bits per heavy atom. The number of nitrogens with zero attached hydrogens (tertiary/aromatic N) is 1. The lowest BCUT2D eigenvalue weighted by molar-refractivity contribution is 0.00346. The van der Waals surface area contributed by atoms with Crippen LogP contribution in [0.2, 0.25) is 0 Å². The maximum Gasteiger partial charge on any atom is 0.246 e. The molecular weight excluding hydrogens is 198 g/mol. The summed E-state index contributed by atoms with van der Waals surface area (Å²) in [4.78, 5) is 2.16. The second kappa shape index (κ2) is 5.75. The number of hydrogen-bond donors (Lipinski definition) is 1. The molecule has 0 amide bonds. The molecule has 15 heavy (non-hydrogen) atoms. The zero-order valence-electron chi connectivity index (χ0n) is 9.73. The predicted molar refractivity (Wildman–Crippen MR) is 58.4 cm³/mol. The first-order chi connectivity index (χ1) is 7.01. The maximum atomic E-state index is 12.7. The van der Waals surface area contributed by atoms with Crippen LogP contribution < -0.4 is 5.32 Å². The second-order valence-electron chi connectivity index (χ2n) is 4.58. The van der Waals surface area contributed by atoms with Gasteiger partial charge in [0, 0.05) is 19.0 Å². The van der Waals surface area contributed by atoms with E-state index >= 15 is 0 Å². The Morgan fingerprint density at radius 3 is 2.67 bits per heavy atom. The minimum atomic E-state index is -2.52. The van der Waals surface area contributed by atoms with Crippen molar-refractivity contribution in [2.24, 2.45) is 0 Å². The summed E-state index contributed by atoms with van der Waals surface area (Å²) in [6, 6.07) is 0.567. The predicted octanol–water partition coefficient (Wildman–Crippen LogP) is 2.11. The maximum absolute atomic E-state index is 12.7. The van der Waals surface area contributed by atoms with Gasteiger partial charge in [0.05, 0.1) is 0 Å². The van der Waals surface area contributed by atoms with E-state index in [1.807, 2.05) is 7.05 Å². The molecule has 0 aromatic carbocycles. The van der Waals surface area contributed by atoms with Crippen molar-refractivity contribution in [1.29, 1.82) is 0 Å². The lowest BCUT2D eigenvalue weighted by Gasteiger charge is -2.21. The van der Waals surface area contributed by atoms with E-state index in [1.165, 1.54) is 0 Å². The summed E-state index contributed by atoms with van der Waals surface area (Å²) in [5, 5.41) is 3.26. The van der Waals surface area contributed by atoms with Gasteiger partial charge in [0.15, 0.2) is 0 Å². The molecule has 1 aliphatic heterocycles. The van der Waals surface area contributed by atoms with E-state index < -0.39 is 5.92 Å². The third-order valence-electron chi connectivity index (χ3n) is 3.10. The molecule has 1 N–H and O–H groups in total. The van der Waals surface area contributed by atoms with E-state index in [0.29, 0.717) is 12.6 Å². The molecule has 1 unspecified atom stereocenters. The highest BCUT2D eigenvalue weighted by molar-refractivity contribution is 4.74. The van der Waals surface area contributed by atoms with Gasteiger partial charge in [-0.05, 0) is 46.3 Å². The molecule has 0 aromatic heterocycles. The van der Waals surface area contributed by atoms with Crippen molar-refractivity contribution < 1.29 is 8.78 Å². The number of likely N-dealkylation sites (tertiary alicyclic amines) is 1. The summed E-state index contributed by atoms with van der Waals surface area (Å²) in [7, 11) is 1.97. The highest BCUT2D eigenvalue weighted by Crippen LogP contribution is 2.18. The van der Waals surface area contributed by atoms with Gasteiger partial charge in [-0.2, -0.15) is 0 Å². The van der Waals surface area contributed by atoms with E-state index in [0.717, 1.165) is 39.3 Å². The van der Waals surface area contributed by atoms with E-state index in [9.17, 15) is 8.78 Å². The van der Waals surface area contributed by atoms with E-state index in [4.69, 9.17) is 0 Å². The van der Waals surface area contributed by atoms with Crippen molar-refractivity contribution >= 4 is 0 Å². The SMILES string of the molecule is CNC1CCCN(CCC(C)(F)F)CC1. The molecule has 0 aromatic rings. The van der Waals surface area contributed by atoms with Gasteiger partial charge in [-0.3, -0.25) is 0 Å². The van der Waals surface area contributed by atoms with Crippen LogP contribution in [0.1, 0.15) is 32.6 Å². The van der Waals surface area contributed by atoms with Crippen LogP contribution in [0.3, 0.4) is 0 Å². The van der Waals surface area contributed by atoms with Crippen molar-refractivity contribution in [3.63, 3.8) is 0 Å². The highest BCUT2D eigenvalue weighted by atomic mass is 19.3. The Morgan fingerprint density at radius 1 is 1.33 bits per heavy atom. The van der Waals surface area contributed by atoms with Gasteiger partial charge in [-0.1, -0.05) is 0 Å².